The van der Waals surface area contributed by atoms with Crippen molar-refractivity contribution in [2.45, 2.75) is 69.4 Å². The van der Waals surface area contributed by atoms with Crippen LogP contribution in [-0.2, 0) is 12.2 Å². The second-order valence-corrected chi connectivity index (χ2v) is 7.54. The Balaban J connectivity index is 1.92. The zero-order chi connectivity index (χ0) is 13.0. The molecule has 1 heterocycles. The molecule has 2 N–H and O–H groups in total. The minimum Gasteiger partial charge on any atom is -0.323 e. The lowest BCUT2D eigenvalue weighted by Gasteiger charge is -2.20. The molecule has 0 amide bonds. The van der Waals surface area contributed by atoms with Crippen molar-refractivity contribution in [1.82, 2.24) is 4.98 Å². The van der Waals surface area contributed by atoms with Crippen molar-refractivity contribution in [3.05, 3.63) is 15.6 Å². The average Bonchev–Trinajstić information content (AvgIpc) is 2.81. The van der Waals surface area contributed by atoms with Gasteiger partial charge in [-0.1, -0.05) is 26.2 Å². The number of aromatic nitrogens is 1. The van der Waals surface area contributed by atoms with Crippen molar-refractivity contribution in [2.75, 3.05) is 0 Å². The van der Waals surface area contributed by atoms with Crippen LogP contribution < -0.4 is 5.73 Å². The van der Waals surface area contributed by atoms with Crippen molar-refractivity contribution in [3.63, 3.8) is 0 Å². The molecule has 0 aliphatic heterocycles. The highest BCUT2D eigenvalue weighted by Gasteiger charge is 2.17. The Morgan fingerprint density at radius 1 is 1.39 bits per heavy atom. The molecule has 1 fully saturated rings. The van der Waals surface area contributed by atoms with Crippen LogP contribution in [0, 0.1) is 0 Å². The zero-order valence-electron chi connectivity index (χ0n) is 11.4. The van der Waals surface area contributed by atoms with Gasteiger partial charge in [0.1, 0.15) is 5.01 Å². The van der Waals surface area contributed by atoms with Gasteiger partial charge in [-0.2, -0.15) is 11.8 Å². The van der Waals surface area contributed by atoms with Crippen LogP contribution in [0.4, 0.5) is 0 Å². The number of hydrogen-bond donors (Lipinski definition) is 1. The quantitative estimate of drug-likeness (QED) is 0.876. The Hall–Kier alpha value is -0.0600. The number of nitrogens with two attached hydrogens (primary N) is 1. The summed E-state index contributed by atoms with van der Waals surface area (Å²) in [5.74, 6) is 1.08. The van der Waals surface area contributed by atoms with Crippen LogP contribution in [-0.4, -0.2) is 10.2 Å². The molecule has 0 spiro atoms. The maximum Gasteiger partial charge on any atom is 0.103 e. The first-order valence-electron chi connectivity index (χ1n) is 7.06. The predicted molar refractivity (Wildman–Crippen MR) is 82.3 cm³/mol. The van der Waals surface area contributed by atoms with E-state index in [1.54, 1.807) is 0 Å². The molecular weight excluding hydrogens is 260 g/mol. The third-order valence-electron chi connectivity index (χ3n) is 3.52. The lowest BCUT2D eigenvalue weighted by Crippen LogP contribution is -2.08. The Morgan fingerprint density at radius 2 is 2.11 bits per heavy atom. The van der Waals surface area contributed by atoms with Gasteiger partial charge in [-0.3, -0.25) is 0 Å². The second kappa shape index (κ2) is 6.92. The lowest BCUT2D eigenvalue weighted by molar-refractivity contribution is 0.516. The molecule has 102 valence electrons. The molecule has 0 aromatic carbocycles. The molecule has 0 radical (unpaired) electrons. The van der Waals surface area contributed by atoms with Gasteiger partial charge in [0.05, 0.1) is 5.69 Å². The molecule has 1 aromatic rings. The van der Waals surface area contributed by atoms with E-state index in [1.807, 2.05) is 11.3 Å². The SMILES string of the molecule is CCc1nc(CSC2CCCCC2)sc1C(C)N. The molecule has 0 bridgehead atoms. The summed E-state index contributed by atoms with van der Waals surface area (Å²) in [4.78, 5) is 6.04. The van der Waals surface area contributed by atoms with Crippen LogP contribution in [0.2, 0.25) is 0 Å². The van der Waals surface area contributed by atoms with E-state index >= 15 is 0 Å². The first kappa shape index (κ1) is 14.4. The normalized spacial score (nSPS) is 19.1. The maximum absolute atomic E-state index is 6.01. The fraction of sp³-hybridized carbons (Fsp3) is 0.786. The smallest absolute Gasteiger partial charge is 0.103 e. The molecule has 1 saturated carbocycles. The summed E-state index contributed by atoms with van der Waals surface area (Å²) < 4.78 is 0. The van der Waals surface area contributed by atoms with E-state index in [0.29, 0.717) is 0 Å². The van der Waals surface area contributed by atoms with Crippen molar-refractivity contribution in [3.8, 4) is 0 Å². The van der Waals surface area contributed by atoms with E-state index < -0.39 is 0 Å². The Bertz CT molecular complexity index is 368. The van der Waals surface area contributed by atoms with E-state index in [4.69, 9.17) is 10.7 Å². The standard InChI is InChI=1S/C14H24N2S2/c1-3-12-14(10(2)15)18-13(16-12)9-17-11-7-5-4-6-8-11/h10-11H,3-9,15H2,1-2H3. The van der Waals surface area contributed by atoms with Crippen molar-refractivity contribution in [2.24, 2.45) is 5.73 Å². The van der Waals surface area contributed by atoms with Crippen LogP contribution in [0.15, 0.2) is 0 Å². The second-order valence-electron chi connectivity index (χ2n) is 5.13. The zero-order valence-corrected chi connectivity index (χ0v) is 13.1. The highest BCUT2D eigenvalue weighted by Crippen LogP contribution is 2.33. The number of nitrogens with zero attached hydrogens (tertiary/aromatic N) is 1. The monoisotopic (exact) mass is 284 g/mol. The van der Waals surface area contributed by atoms with Crippen molar-refractivity contribution >= 4 is 23.1 Å². The molecule has 0 saturated heterocycles. The molecular formula is C14H24N2S2. The number of thioether (sulfide) groups is 1. The highest BCUT2D eigenvalue weighted by molar-refractivity contribution is 7.99. The van der Waals surface area contributed by atoms with Crippen molar-refractivity contribution < 1.29 is 0 Å². The third kappa shape index (κ3) is 3.72. The summed E-state index contributed by atoms with van der Waals surface area (Å²) in [7, 11) is 0. The summed E-state index contributed by atoms with van der Waals surface area (Å²) in [5, 5.41) is 2.14. The van der Waals surface area contributed by atoms with E-state index in [0.717, 1.165) is 17.4 Å². The first-order chi connectivity index (χ1) is 8.70. The molecule has 1 aliphatic carbocycles. The summed E-state index contributed by atoms with van der Waals surface area (Å²) in [6.07, 6.45) is 8.07. The Morgan fingerprint density at radius 3 is 2.67 bits per heavy atom. The molecule has 1 atom stereocenters. The van der Waals surface area contributed by atoms with E-state index in [1.165, 1.54) is 47.7 Å². The van der Waals surface area contributed by atoms with Gasteiger partial charge < -0.3 is 5.73 Å². The van der Waals surface area contributed by atoms with Crippen molar-refractivity contribution in [1.29, 1.82) is 0 Å². The van der Waals surface area contributed by atoms with Crippen LogP contribution in [0.3, 0.4) is 0 Å². The summed E-state index contributed by atoms with van der Waals surface area (Å²) in [5.41, 5.74) is 7.22. The highest BCUT2D eigenvalue weighted by atomic mass is 32.2. The lowest BCUT2D eigenvalue weighted by atomic mass is 10.0. The van der Waals surface area contributed by atoms with Gasteiger partial charge in [0.15, 0.2) is 0 Å². The number of hydrogen-bond acceptors (Lipinski definition) is 4. The van der Waals surface area contributed by atoms with Crippen LogP contribution >= 0.6 is 23.1 Å². The fourth-order valence-corrected chi connectivity index (χ4v) is 4.96. The number of thiazole rings is 1. The molecule has 2 nitrogen and oxygen atoms in total. The number of rotatable bonds is 5. The van der Waals surface area contributed by atoms with Gasteiger partial charge in [-0.05, 0) is 26.2 Å². The van der Waals surface area contributed by atoms with Gasteiger partial charge >= 0.3 is 0 Å². The number of aryl methyl sites for hydroxylation is 1. The van der Waals surface area contributed by atoms with E-state index in [-0.39, 0.29) is 6.04 Å². The largest absolute Gasteiger partial charge is 0.323 e. The van der Waals surface area contributed by atoms with Crippen LogP contribution in [0.25, 0.3) is 0 Å². The van der Waals surface area contributed by atoms with Gasteiger partial charge in [0, 0.05) is 21.9 Å². The first-order valence-corrected chi connectivity index (χ1v) is 8.93. The fourth-order valence-electron chi connectivity index (χ4n) is 2.51. The topological polar surface area (TPSA) is 38.9 Å². The third-order valence-corrected chi connectivity index (χ3v) is 6.38. The average molecular weight is 284 g/mol. The minimum absolute atomic E-state index is 0.130. The van der Waals surface area contributed by atoms with Gasteiger partial charge in [-0.25, -0.2) is 4.98 Å². The maximum atomic E-state index is 6.01. The molecule has 1 aliphatic rings. The molecule has 1 aromatic heterocycles. The summed E-state index contributed by atoms with van der Waals surface area (Å²) >= 11 is 3.93. The molecule has 4 heteroatoms. The minimum atomic E-state index is 0.130. The van der Waals surface area contributed by atoms with E-state index in [2.05, 4.69) is 25.6 Å². The molecule has 18 heavy (non-hydrogen) atoms. The molecule has 2 rings (SSSR count). The van der Waals surface area contributed by atoms with Gasteiger partial charge in [0.2, 0.25) is 0 Å². The summed E-state index contributed by atoms with van der Waals surface area (Å²) in [6, 6.07) is 0.130. The van der Waals surface area contributed by atoms with Gasteiger partial charge in [-0.15, -0.1) is 11.3 Å². The van der Waals surface area contributed by atoms with Gasteiger partial charge in [0.25, 0.3) is 0 Å². The van der Waals surface area contributed by atoms with E-state index in [9.17, 15) is 0 Å². The predicted octanol–water partition coefficient (Wildman–Crippen LogP) is 4.29. The Kier molecular flexibility index (Phi) is 5.52. The summed E-state index contributed by atoms with van der Waals surface area (Å²) in [6.45, 7) is 4.23. The van der Waals surface area contributed by atoms with Crippen LogP contribution in [0.1, 0.15) is 67.6 Å². The molecule has 1 unspecified atom stereocenters. The Labute approximate surface area is 119 Å². The van der Waals surface area contributed by atoms with Crippen LogP contribution in [0.5, 0.6) is 0 Å².